The molecule has 3 heterocycles. The lowest BCUT2D eigenvalue weighted by molar-refractivity contribution is -0.320. The fraction of sp³-hybridized carbons (Fsp3) is 0.571. The van der Waals surface area contributed by atoms with Gasteiger partial charge in [0.25, 0.3) is 0 Å². The number of nitrogens with zero attached hydrogens (tertiary/aromatic N) is 1. The number of fused-ring (bicyclic) bond motifs is 3. The predicted octanol–water partition coefficient (Wildman–Crippen LogP) is 2.64. The summed E-state index contributed by atoms with van der Waals surface area (Å²) in [6.07, 6.45) is -5.29. The number of carbonyl (C=O) groups is 4. The Labute approximate surface area is 340 Å². The minimum Gasteiger partial charge on any atom is -0.507 e. The van der Waals surface area contributed by atoms with Gasteiger partial charge < -0.3 is 63.6 Å². The number of phenols is 3. The number of benzene rings is 2. The van der Waals surface area contributed by atoms with Crippen LogP contribution in [0.1, 0.15) is 108 Å². The Balaban J connectivity index is 1.15. The van der Waals surface area contributed by atoms with Gasteiger partial charge in [0.15, 0.2) is 30.4 Å². The van der Waals surface area contributed by atoms with E-state index in [0.29, 0.717) is 0 Å². The van der Waals surface area contributed by atoms with Gasteiger partial charge in [-0.05, 0) is 77.2 Å². The summed E-state index contributed by atoms with van der Waals surface area (Å²) in [4.78, 5) is 55.0. The van der Waals surface area contributed by atoms with Crippen molar-refractivity contribution in [3.05, 3.63) is 63.7 Å². The van der Waals surface area contributed by atoms with E-state index in [-0.39, 0.29) is 54.2 Å². The molecule has 13 atom stereocenters. The summed E-state index contributed by atoms with van der Waals surface area (Å²) < 4.78 is 42.3. The summed E-state index contributed by atoms with van der Waals surface area (Å²) in [7, 11) is 4.84. The molecule has 2 fully saturated rings. The molecule has 0 bridgehead atoms. The molecule has 13 unspecified atom stereocenters. The molecule has 3 aliphatic heterocycles. The summed E-state index contributed by atoms with van der Waals surface area (Å²) in [5.74, 6) is -6.10. The van der Waals surface area contributed by atoms with Crippen molar-refractivity contribution in [1.82, 2.24) is 4.90 Å². The molecule has 5 N–H and O–H groups in total. The van der Waals surface area contributed by atoms with Crippen LogP contribution in [0, 0.1) is 0 Å². The van der Waals surface area contributed by atoms with Crippen LogP contribution in [0.4, 0.5) is 0 Å². The Morgan fingerprint density at radius 1 is 0.881 bits per heavy atom. The Bertz CT molecular complexity index is 2040. The first-order chi connectivity index (χ1) is 27.9. The largest absolute Gasteiger partial charge is 0.507 e. The first kappa shape index (κ1) is 42.8. The topological polar surface area (TPSA) is 237 Å². The zero-order valence-electron chi connectivity index (χ0n) is 33.8. The number of carbonyl (C=O) groups excluding carboxylic acids is 4. The second kappa shape index (κ2) is 16.3. The fourth-order valence-electron chi connectivity index (χ4n) is 9.08. The first-order valence-electron chi connectivity index (χ1n) is 19.7. The van der Waals surface area contributed by atoms with Crippen LogP contribution in [0.25, 0.3) is 0 Å². The van der Waals surface area contributed by atoms with Crippen molar-refractivity contribution in [3.8, 4) is 17.2 Å². The van der Waals surface area contributed by atoms with E-state index in [1.165, 1.54) is 18.2 Å². The quantitative estimate of drug-likeness (QED) is 0.154. The summed E-state index contributed by atoms with van der Waals surface area (Å²) in [6.45, 7) is 6.80. The van der Waals surface area contributed by atoms with E-state index in [0.717, 1.165) is 19.2 Å². The zero-order chi connectivity index (χ0) is 42.8. The van der Waals surface area contributed by atoms with Crippen molar-refractivity contribution in [2.24, 2.45) is 0 Å². The average molecular weight is 826 g/mol. The third-order valence-corrected chi connectivity index (χ3v) is 12.2. The molecular formula is C42H51NO16. The van der Waals surface area contributed by atoms with Crippen LogP contribution in [0.5, 0.6) is 17.2 Å². The van der Waals surface area contributed by atoms with Crippen molar-refractivity contribution >= 4 is 23.3 Å². The summed E-state index contributed by atoms with van der Waals surface area (Å²) >= 11 is 0. The first-order valence-corrected chi connectivity index (χ1v) is 19.7. The number of hydrogen-bond donors (Lipinski definition) is 5. The number of aliphatic hydroxyl groups is 2. The number of aromatic hydroxyl groups is 3. The number of ether oxygens (including phenoxy) is 7. The summed E-state index contributed by atoms with van der Waals surface area (Å²) in [5, 5.41) is 56.4. The molecule has 2 aromatic carbocycles. The summed E-state index contributed by atoms with van der Waals surface area (Å²) in [6, 6.07) is 3.00. The molecule has 2 aliphatic carbocycles. The van der Waals surface area contributed by atoms with Crippen LogP contribution in [0.2, 0.25) is 0 Å². The smallest absolute Gasteiger partial charge is 0.316 e. The molecule has 17 nitrogen and oxygen atoms in total. The number of methoxy groups -OCH3 is 1. The van der Waals surface area contributed by atoms with Gasteiger partial charge in [-0.15, -0.1) is 0 Å². The highest BCUT2D eigenvalue weighted by molar-refractivity contribution is 6.31. The van der Waals surface area contributed by atoms with Crippen molar-refractivity contribution < 1.29 is 77.9 Å². The number of ketones is 3. The minimum absolute atomic E-state index is 0.00866. The van der Waals surface area contributed by atoms with Gasteiger partial charge in [-0.25, -0.2) is 0 Å². The predicted molar refractivity (Wildman–Crippen MR) is 203 cm³/mol. The fourth-order valence-corrected chi connectivity index (χ4v) is 9.08. The molecule has 17 heteroatoms. The number of esters is 1. The van der Waals surface area contributed by atoms with E-state index >= 15 is 0 Å². The highest BCUT2D eigenvalue weighted by Gasteiger charge is 2.54. The Hall–Kier alpha value is -4.30. The normalized spacial score (nSPS) is 35.6. The van der Waals surface area contributed by atoms with E-state index in [2.05, 4.69) is 0 Å². The lowest BCUT2D eigenvalue weighted by Crippen LogP contribution is -2.58. The van der Waals surface area contributed by atoms with E-state index in [1.54, 1.807) is 27.7 Å². The lowest BCUT2D eigenvalue weighted by Gasteiger charge is -2.48. The van der Waals surface area contributed by atoms with Gasteiger partial charge in [0.2, 0.25) is 5.78 Å². The maximum atomic E-state index is 14.0. The Morgan fingerprint density at radius 2 is 1.51 bits per heavy atom. The Kier molecular flexibility index (Phi) is 11.8. The molecule has 0 saturated carbocycles. The Morgan fingerprint density at radius 3 is 2.10 bits per heavy atom. The molecule has 0 amide bonds. The van der Waals surface area contributed by atoms with Gasteiger partial charge in [-0.3, -0.25) is 19.2 Å². The van der Waals surface area contributed by atoms with E-state index < -0.39 is 125 Å². The SMILES string of the molecule is CCC1(O)CC(OC2CC(N(C)C)C(OC3CC(O)C(OC4C=CC(=O)C(C)O4)C(C)O3)C(C)O2)c2c(cc3c(c2O)C(=O)c2c(O)ccc(O)c2C3=O)C1C(=O)OC. The zero-order valence-corrected chi connectivity index (χ0v) is 33.8. The summed E-state index contributed by atoms with van der Waals surface area (Å²) in [5.41, 5.74) is -3.60. The van der Waals surface area contributed by atoms with E-state index in [1.807, 2.05) is 19.0 Å². The van der Waals surface area contributed by atoms with Gasteiger partial charge in [0, 0.05) is 36.4 Å². The highest BCUT2D eigenvalue weighted by atomic mass is 16.7. The van der Waals surface area contributed by atoms with Crippen molar-refractivity contribution in [3.63, 3.8) is 0 Å². The number of aliphatic hydroxyl groups excluding tert-OH is 1. The van der Waals surface area contributed by atoms with Gasteiger partial charge in [0.1, 0.15) is 41.5 Å². The van der Waals surface area contributed by atoms with Gasteiger partial charge in [-0.2, -0.15) is 0 Å². The average Bonchev–Trinajstić information content (AvgIpc) is 3.17. The molecular weight excluding hydrogens is 774 g/mol. The van der Waals surface area contributed by atoms with Crippen LogP contribution in [0.15, 0.2) is 30.4 Å². The van der Waals surface area contributed by atoms with E-state index in [4.69, 9.17) is 33.2 Å². The van der Waals surface area contributed by atoms with E-state index in [9.17, 15) is 44.7 Å². The number of hydrogen-bond acceptors (Lipinski definition) is 17. The van der Waals surface area contributed by atoms with Crippen LogP contribution in [-0.4, -0.2) is 142 Å². The molecule has 2 saturated heterocycles. The number of rotatable bonds is 9. The van der Waals surface area contributed by atoms with Crippen molar-refractivity contribution in [2.75, 3.05) is 21.2 Å². The third kappa shape index (κ3) is 7.57. The molecule has 7 rings (SSSR count). The molecule has 5 aliphatic rings. The van der Waals surface area contributed by atoms with Crippen LogP contribution in [0.3, 0.4) is 0 Å². The van der Waals surface area contributed by atoms with Crippen LogP contribution >= 0.6 is 0 Å². The number of likely N-dealkylation sites (N-methyl/N-ethyl adjacent to an activating group) is 1. The highest BCUT2D eigenvalue weighted by Crippen LogP contribution is 2.54. The minimum atomic E-state index is -1.81. The van der Waals surface area contributed by atoms with Crippen molar-refractivity contribution in [1.29, 1.82) is 0 Å². The monoisotopic (exact) mass is 825 g/mol. The van der Waals surface area contributed by atoms with Crippen molar-refractivity contribution in [2.45, 2.75) is 133 Å². The standard InChI is InChI=1S/C42H51NO16/c1-8-42(52)16-27(31-20(35(42)41(51)53-7)13-21-32(37(31)49)38(50)34-25(46)10-9-24(45)33(34)36(21)48)57-29-14-22(43(5)6)39(18(3)55-29)59-30-15-26(47)40(19(4)56-30)58-28-12-11-23(44)17(2)54-28/h9-13,17-19,22,26-30,35,39-40,45-47,49,52H,8,14-16H2,1-7H3. The van der Waals surface area contributed by atoms with Gasteiger partial charge in [-0.1, -0.05) is 6.92 Å². The van der Waals surface area contributed by atoms with Crippen LogP contribution in [-0.2, 0) is 42.7 Å². The maximum Gasteiger partial charge on any atom is 0.316 e. The molecule has 0 spiro atoms. The lowest BCUT2D eigenvalue weighted by atomic mass is 9.67. The van der Waals surface area contributed by atoms with Gasteiger partial charge >= 0.3 is 5.97 Å². The molecule has 0 aromatic heterocycles. The number of phenolic OH excluding ortho intramolecular Hbond substituents is 3. The van der Waals surface area contributed by atoms with Gasteiger partial charge in [0.05, 0.1) is 53.8 Å². The molecule has 2 aromatic rings. The second-order valence-electron chi connectivity index (χ2n) is 16.1. The molecule has 59 heavy (non-hydrogen) atoms. The maximum absolute atomic E-state index is 14.0. The van der Waals surface area contributed by atoms with Crippen LogP contribution < -0.4 is 0 Å². The molecule has 320 valence electrons. The second-order valence-corrected chi connectivity index (χ2v) is 16.1. The third-order valence-electron chi connectivity index (χ3n) is 12.2. The molecule has 0 radical (unpaired) electrons.